The molecule has 1 heteroatoms. The minimum atomic E-state index is 0.576. The van der Waals surface area contributed by atoms with Crippen LogP contribution in [0.4, 0.5) is 0 Å². The topological polar surface area (TPSA) is 13.1 Å². The number of hydrogen-bond donors (Lipinski definition) is 0. The van der Waals surface area contributed by atoms with E-state index >= 15 is 0 Å². The molecule has 0 fully saturated rings. The van der Waals surface area contributed by atoms with E-state index in [1.54, 1.807) is 12.3 Å². The Morgan fingerprint density at radius 2 is 2.23 bits per heavy atom. The molecule has 0 radical (unpaired) electrons. The van der Waals surface area contributed by atoms with Gasteiger partial charge in [0.2, 0.25) is 0 Å². The highest BCUT2D eigenvalue weighted by Crippen LogP contribution is 2.18. The molecule has 0 aliphatic carbocycles. The van der Waals surface area contributed by atoms with Crippen LogP contribution in [0.5, 0.6) is 0 Å². The van der Waals surface area contributed by atoms with E-state index in [1.165, 1.54) is 5.57 Å². The molecular weight excluding hydrogens is 160 g/mol. The van der Waals surface area contributed by atoms with Crippen LogP contribution in [0, 0.1) is 5.92 Å². The Kier molecular flexibility index (Phi) is 3.13. The first-order valence-electron chi connectivity index (χ1n) is 4.53. The van der Waals surface area contributed by atoms with Crippen molar-refractivity contribution in [1.82, 2.24) is 0 Å². The second-order valence-electron chi connectivity index (χ2n) is 3.49. The molecule has 1 heterocycles. The maximum Gasteiger partial charge on any atom is 0.133 e. The quantitative estimate of drug-likeness (QED) is 0.678. The van der Waals surface area contributed by atoms with Crippen molar-refractivity contribution < 1.29 is 4.42 Å². The zero-order chi connectivity index (χ0) is 9.84. The third-order valence-electron chi connectivity index (χ3n) is 2.21. The zero-order valence-electron chi connectivity index (χ0n) is 8.50. The first-order valence-corrected chi connectivity index (χ1v) is 4.53. The van der Waals surface area contributed by atoms with Gasteiger partial charge in [0.05, 0.1) is 6.26 Å². The summed E-state index contributed by atoms with van der Waals surface area (Å²) >= 11 is 0. The Morgan fingerprint density at radius 1 is 1.54 bits per heavy atom. The Hall–Kier alpha value is -1.24. The fourth-order valence-corrected chi connectivity index (χ4v) is 1.03. The van der Waals surface area contributed by atoms with E-state index in [0.717, 1.165) is 11.3 Å². The van der Waals surface area contributed by atoms with Crippen LogP contribution < -0.4 is 0 Å². The molecule has 0 N–H and O–H groups in total. The summed E-state index contributed by atoms with van der Waals surface area (Å²) in [6, 6.07) is 1.96. The Balaban J connectivity index is 2.96. The molecule has 0 aromatic carbocycles. The first-order chi connectivity index (χ1) is 6.15. The lowest BCUT2D eigenvalue weighted by Crippen LogP contribution is -1.87. The van der Waals surface area contributed by atoms with Gasteiger partial charge in [0, 0.05) is 5.56 Å². The van der Waals surface area contributed by atoms with Crippen LogP contribution in [-0.4, -0.2) is 0 Å². The summed E-state index contributed by atoms with van der Waals surface area (Å²) < 4.78 is 5.23. The fourth-order valence-electron chi connectivity index (χ4n) is 1.03. The monoisotopic (exact) mass is 176 g/mol. The molecule has 0 spiro atoms. The summed E-state index contributed by atoms with van der Waals surface area (Å²) in [6.07, 6.45) is 5.57. The molecule has 0 amide bonds. The van der Waals surface area contributed by atoms with E-state index in [0.29, 0.717) is 5.92 Å². The highest BCUT2D eigenvalue weighted by molar-refractivity contribution is 5.62. The van der Waals surface area contributed by atoms with Gasteiger partial charge in [-0.1, -0.05) is 32.1 Å². The van der Waals surface area contributed by atoms with Crippen LogP contribution >= 0.6 is 0 Å². The molecule has 0 saturated heterocycles. The van der Waals surface area contributed by atoms with Crippen molar-refractivity contribution >= 4 is 12.2 Å². The van der Waals surface area contributed by atoms with E-state index in [9.17, 15) is 0 Å². The van der Waals surface area contributed by atoms with Crippen molar-refractivity contribution in [3.8, 4) is 0 Å². The van der Waals surface area contributed by atoms with Gasteiger partial charge in [0.1, 0.15) is 5.76 Å². The third kappa shape index (κ3) is 2.35. The highest BCUT2D eigenvalue weighted by atomic mass is 16.3. The smallest absolute Gasteiger partial charge is 0.133 e. The standard InChI is InChI=1S/C12H16O/c1-5-12-11(6-7-13-12)8-10(4)9(2)3/h5-9H,1H2,2-4H3/b10-8+. The number of rotatable bonds is 3. The van der Waals surface area contributed by atoms with E-state index in [-0.39, 0.29) is 0 Å². The molecule has 1 nitrogen and oxygen atoms in total. The lowest BCUT2D eigenvalue weighted by Gasteiger charge is -2.03. The van der Waals surface area contributed by atoms with Crippen molar-refractivity contribution in [1.29, 1.82) is 0 Å². The minimum absolute atomic E-state index is 0.576. The Labute approximate surface area is 79.8 Å². The molecular formula is C12H16O. The normalized spacial score (nSPS) is 12.2. The Morgan fingerprint density at radius 3 is 2.77 bits per heavy atom. The summed E-state index contributed by atoms with van der Waals surface area (Å²) in [5.74, 6) is 1.42. The van der Waals surface area contributed by atoms with Gasteiger partial charge in [0.15, 0.2) is 0 Å². The van der Waals surface area contributed by atoms with E-state index in [4.69, 9.17) is 4.42 Å². The average Bonchev–Trinajstić information content (AvgIpc) is 2.51. The molecule has 1 aromatic rings. The first kappa shape index (κ1) is 9.85. The number of allylic oxidation sites excluding steroid dienone is 1. The predicted molar refractivity (Wildman–Crippen MR) is 57.3 cm³/mol. The van der Waals surface area contributed by atoms with Gasteiger partial charge in [-0.25, -0.2) is 0 Å². The molecule has 13 heavy (non-hydrogen) atoms. The SMILES string of the molecule is C=Cc1occc1/C=C(\C)C(C)C. The molecule has 0 bridgehead atoms. The van der Waals surface area contributed by atoms with Gasteiger partial charge in [-0.05, 0) is 25.0 Å². The van der Waals surface area contributed by atoms with Crippen LogP contribution in [0.15, 0.2) is 28.9 Å². The average molecular weight is 176 g/mol. The van der Waals surface area contributed by atoms with Crippen molar-refractivity contribution in [2.75, 3.05) is 0 Å². The molecule has 0 atom stereocenters. The fraction of sp³-hybridized carbons (Fsp3) is 0.333. The van der Waals surface area contributed by atoms with Gasteiger partial charge in [-0.15, -0.1) is 0 Å². The summed E-state index contributed by atoms with van der Waals surface area (Å²) in [6.45, 7) is 10.2. The van der Waals surface area contributed by atoms with E-state index < -0.39 is 0 Å². The van der Waals surface area contributed by atoms with Crippen LogP contribution in [0.25, 0.3) is 12.2 Å². The molecule has 70 valence electrons. The van der Waals surface area contributed by atoms with Gasteiger partial charge < -0.3 is 4.42 Å². The summed E-state index contributed by atoms with van der Waals surface area (Å²) in [5, 5.41) is 0. The second-order valence-corrected chi connectivity index (χ2v) is 3.49. The van der Waals surface area contributed by atoms with Gasteiger partial charge in [0.25, 0.3) is 0 Å². The second kappa shape index (κ2) is 4.13. The van der Waals surface area contributed by atoms with Crippen molar-refractivity contribution in [2.24, 2.45) is 5.92 Å². The van der Waals surface area contributed by atoms with Crippen LogP contribution in [0.3, 0.4) is 0 Å². The molecule has 0 unspecified atom stereocenters. The summed E-state index contributed by atoms with van der Waals surface area (Å²) in [4.78, 5) is 0. The highest BCUT2D eigenvalue weighted by Gasteiger charge is 2.01. The summed E-state index contributed by atoms with van der Waals surface area (Å²) in [7, 11) is 0. The van der Waals surface area contributed by atoms with Crippen molar-refractivity contribution in [3.05, 3.63) is 35.8 Å². The van der Waals surface area contributed by atoms with Gasteiger partial charge in [-0.2, -0.15) is 0 Å². The zero-order valence-corrected chi connectivity index (χ0v) is 8.50. The minimum Gasteiger partial charge on any atom is -0.464 e. The third-order valence-corrected chi connectivity index (χ3v) is 2.21. The predicted octanol–water partition coefficient (Wildman–Crippen LogP) is 3.98. The van der Waals surface area contributed by atoms with E-state index in [2.05, 4.69) is 33.4 Å². The number of hydrogen-bond acceptors (Lipinski definition) is 1. The van der Waals surface area contributed by atoms with Crippen LogP contribution in [0.1, 0.15) is 32.1 Å². The largest absolute Gasteiger partial charge is 0.464 e. The van der Waals surface area contributed by atoms with Gasteiger partial charge >= 0.3 is 0 Å². The van der Waals surface area contributed by atoms with E-state index in [1.807, 2.05) is 6.07 Å². The molecule has 1 rings (SSSR count). The maximum atomic E-state index is 5.23. The number of furan rings is 1. The molecule has 0 aliphatic rings. The van der Waals surface area contributed by atoms with Crippen molar-refractivity contribution in [2.45, 2.75) is 20.8 Å². The molecule has 0 saturated carbocycles. The van der Waals surface area contributed by atoms with Gasteiger partial charge in [-0.3, -0.25) is 0 Å². The summed E-state index contributed by atoms with van der Waals surface area (Å²) in [5.41, 5.74) is 2.46. The lowest BCUT2D eigenvalue weighted by atomic mass is 10.0. The van der Waals surface area contributed by atoms with Crippen LogP contribution in [-0.2, 0) is 0 Å². The molecule has 0 aliphatic heterocycles. The Bertz CT molecular complexity index is 316. The van der Waals surface area contributed by atoms with Crippen LogP contribution in [0.2, 0.25) is 0 Å². The maximum absolute atomic E-state index is 5.23. The lowest BCUT2D eigenvalue weighted by molar-refractivity contribution is 0.556. The molecule has 1 aromatic heterocycles. The van der Waals surface area contributed by atoms with Crippen molar-refractivity contribution in [3.63, 3.8) is 0 Å².